The van der Waals surface area contributed by atoms with Crippen LogP contribution >= 0.6 is 0 Å². The molecule has 9 nitrogen and oxygen atoms in total. The van der Waals surface area contributed by atoms with Crippen molar-refractivity contribution in [3.63, 3.8) is 0 Å². The van der Waals surface area contributed by atoms with Crippen LogP contribution < -0.4 is 5.32 Å². The van der Waals surface area contributed by atoms with Gasteiger partial charge < -0.3 is 19.3 Å². The highest BCUT2D eigenvalue weighted by molar-refractivity contribution is 5.91. The summed E-state index contributed by atoms with van der Waals surface area (Å²) in [6, 6.07) is 15.6. The number of pyridine rings is 1. The van der Waals surface area contributed by atoms with Gasteiger partial charge in [0.15, 0.2) is 0 Å². The first-order valence-electron chi connectivity index (χ1n) is 13.9. The Bertz CT molecular complexity index is 1460. The lowest BCUT2D eigenvalue weighted by Crippen LogP contribution is -2.49. The molecule has 5 rings (SSSR count). The molecule has 2 aliphatic heterocycles. The summed E-state index contributed by atoms with van der Waals surface area (Å²) in [7, 11) is 1.84. The van der Waals surface area contributed by atoms with Gasteiger partial charge in [-0.3, -0.25) is 15.1 Å². The lowest BCUT2D eigenvalue weighted by atomic mass is 9.92. The second kappa shape index (κ2) is 11.6. The van der Waals surface area contributed by atoms with Crippen LogP contribution in [0.1, 0.15) is 54.6 Å². The number of nitrogens with one attached hydrogen (secondary N) is 1. The number of carbonyl (C=O) groups is 2. The third kappa shape index (κ3) is 6.34. The van der Waals surface area contributed by atoms with E-state index < -0.39 is 17.7 Å². The predicted molar refractivity (Wildman–Crippen MR) is 158 cm³/mol. The van der Waals surface area contributed by atoms with Crippen LogP contribution in [-0.2, 0) is 33.7 Å². The van der Waals surface area contributed by atoms with Crippen molar-refractivity contribution in [2.45, 2.75) is 58.8 Å². The number of likely N-dealkylation sites (N-methyl/N-ethyl adjacent to an activating group) is 1. The Kier molecular flexibility index (Phi) is 7.97. The number of fused-ring (bicyclic) bond motifs is 2. The van der Waals surface area contributed by atoms with Crippen LogP contribution in [0, 0.1) is 6.92 Å². The third-order valence-electron chi connectivity index (χ3n) is 7.37. The zero-order valence-electron chi connectivity index (χ0n) is 24.3. The number of carbonyl (C=O) groups excluding carboxylic acids is 2. The summed E-state index contributed by atoms with van der Waals surface area (Å²) in [5.74, 6) is -0.00812. The molecular formula is C32H37N5O4. The summed E-state index contributed by atoms with van der Waals surface area (Å²) >= 11 is 0. The van der Waals surface area contributed by atoms with Crippen LogP contribution in [0.5, 0.6) is 0 Å². The lowest BCUT2D eigenvalue weighted by Gasteiger charge is -2.40. The quantitative estimate of drug-likeness (QED) is 0.443. The molecule has 0 saturated carbocycles. The number of aromatic nitrogens is 1. The van der Waals surface area contributed by atoms with Gasteiger partial charge in [-0.25, -0.2) is 4.79 Å². The van der Waals surface area contributed by atoms with Gasteiger partial charge in [0.25, 0.3) is 6.02 Å². The fourth-order valence-corrected chi connectivity index (χ4v) is 5.20. The average Bonchev–Trinajstić information content (AvgIpc) is 2.95. The number of nitrogens with zero attached hydrogens (tertiary/aromatic N) is 4. The Hall–Kier alpha value is -4.40. The summed E-state index contributed by atoms with van der Waals surface area (Å²) < 4.78 is 11.6. The molecule has 2 aliphatic rings. The first kappa shape index (κ1) is 28.1. The summed E-state index contributed by atoms with van der Waals surface area (Å²) in [5, 5.41) is 2.83. The monoisotopic (exact) mass is 555 g/mol. The van der Waals surface area contributed by atoms with Crippen LogP contribution in [0.15, 0.2) is 65.9 Å². The van der Waals surface area contributed by atoms with Crippen molar-refractivity contribution in [3.05, 3.63) is 88.7 Å². The molecule has 2 aromatic carbocycles. The molecule has 3 heterocycles. The van der Waals surface area contributed by atoms with Crippen molar-refractivity contribution in [2.24, 2.45) is 4.99 Å². The fraction of sp³-hybridized carbons (Fsp3) is 0.375. The number of benzene rings is 2. The largest absolute Gasteiger partial charge is 0.460 e. The second-order valence-electron chi connectivity index (χ2n) is 11.5. The summed E-state index contributed by atoms with van der Waals surface area (Å²) in [6.45, 7) is 8.86. The maximum Gasteiger partial charge on any atom is 0.412 e. The van der Waals surface area contributed by atoms with E-state index >= 15 is 0 Å². The van der Waals surface area contributed by atoms with Crippen LogP contribution in [0.2, 0.25) is 0 Å². The van der Waals surface area contributed by atoms with Crippen LogP contribution in [-0.4, -0.2) is 58.5 Å². The van der Waals surface area contributed by atoms with Gasteiger partial charge in [-0.15, -0.1) is 0 Å². The van der Waals surface area contributed by atoms with E-state index in [4.69, 9.17) is 14.5 Å². The maximum atomic E-state index is 14.0. The number of amidine groups is 1. The second-order valence-corrected chi connectivity index (χ2v) is 11.5. The predicted octanol–water partition coefficient (Wildman–Crippen LogP) is 5.56. The van der Waals surface area contributed by atoms with Gasteiger partial charge in [0, 0.05) is 43.8 Å². The Morgan fingerprint density at radius 3 is 2.71 bits per heavy atom. The number of amides is 2. The number of rotatable bonds is 5. The maximum absolute atomic E-state index is 14.0. The van der Waals surface area contributed by atoms with Gasteiger partial charge in [0.1, 0.15) is 18.2 Å². The highest BCUT2D eigenvalue weighted by atomic mass is 16.6. The van der Waals surface area contributed by atoms with Gasteiger partial charge in [-0.2, -0.15) is 4.99 Å². The molecule has 3 aromatic rings. The SMILES string of the molecule is Cc1c(NC(=O)OC(C)(C)C)ccc2c1COC(N1CCc3ccccc3C1C(=O)N(C)CCc1cccnc1)=N2. The van der Waals surface area contributed by atoms with Crippen molar-refractivity contribution in [2.75, 3.05) is 25.5 Å². The van der Waals surface area contributed by atoms with E-state index in [2.05, 4.69) is 16.4 Å². The molecule has 1 N–H and O–H groups in total. The fourth-order valence-electron chi connectivity index (χ4n) is 5.20. The van der Waals surface area contributed by atoms with Crippen molar-refractivity contribution in [1.82, 2.24) is 14.8 Å². The number of hydrogen-bond donors (Lipinski definition) is 1. The molecular weight excluding hydrogens is 518 g/mol. The van der Waals surface area contributed by atoms with E-state index in [9.17, 15) is 9.59 Å². The minimum Gasteiger partial charge on any atom is -0.460 e. The minimum atomic E-state index is -0.595. The van der Waals surface area contributed by atoms with Crippen molar-refractivity contribution in [1.29, 1.82) is 0 Å². The highest BCUT2D eigenvalue weighted by Crippen LogP contribution is 2.37. The number of aliphatic imine (C=N–C) groups is 1. The van der Waals surface area contributed by atoms with Gasteiger partial charge in [-0.1, -0.05) is 30.3 Å². The highest BCUT2D eigenvalue weighted by Gasteiger charge is 2.38. The van der Waals surface area contributed by atoms with E-state index in [1.807, 2.05) is 88.3 Å². The van der Waals surface area contributed by atoms with Gasteiger partial charge in [-0.05, 0) is 81.0 Å². The Balaban J connectivity index is 1.40. The van der Waals surface area contributed by atoms with Crippen LogP contribution in [0.25, 0.3) is 0 Å². The van der Waals surface area contributed by atoms with Gasteiger partial charge in [0.05, 0.1) is 5.69 Å². The van der Waals surface area contributed by atoms with Gasteiger partial charge >= 0.3 is 6.09 Å². The third-order valence-corrected chi connectivity index (χ3v) is 7.37. The van der Waals surface area contributed by atoms with Crippen LogP contribution in [0.3, 0.4) is 0 Å². The Morgan fingerprint density at radius 1 is 1.15 bits per heavy atom. The minimum absolute atomic E-state index is 0.00812. The van der Waals surface area contributed by atoms with E-state index in [1.54, 1.807) is 11.1 Å². The molecule has 0 saturated heterocycles. The van der Waals surface area contributed by atoms with E-state index in [0.29, 0.717) is 31.2 Å². The topological polar surface area (TPSA) is 96.4 Å². The van der Waals surface area contributed by atoms with Crippen molar-refractivity contribution in [3.8, 4) is 0 Å². The zero-order chi connectivity index (χ0) is 29.1. The Morgan fingerprint density at radius 2 is 1.95 bits per heavy atom. The smallest absolute Gasteiger partial charge is 0.412 e. The molecule has 1 atom stereocenters. The lowest BCUT2D eigenvalue weighted by molar-refractivity contribution is -0.135. The first-order valence-corrected chi connectivity index (χ1v) is 13.9. The van der Waals surface area contributed by atoms with Crippen molar-refractivity contribution >= 4 is 29.4 Å². The van der Waals surface area contributed by atoms with Crippen molar-refractivity contribution < 1.29 is 19.1 Å². The zero-order valence-corrected chi connectivity index (χ0v) is 24.3. The molecule has 0 spiro atoms. The number of anilines is 1. The standard InChI is InChI=1S/C32H37N5O4/c1-21-25-20-40-30(34-27(25)13-12-26(21)35-31(39)41-32(2,3)4)37-18-15-23-10-6-7-11-24(23)28(37)29(38)36(5)17-14-22-9-8-16-33-19-22/h6-13,16,19,28H,14-15,17-18,20H2,1-5H3,(H,35,39). The van der Waals surface area contributed by atoms with E-state index in [-0.39, 0.29) is 12.5 Å². The molecule has 0 aliphatic carbocycles. The molecule has 0 bridgehead atoms. The molecule has 0 fully saturated rings. The molecule has 0 radical (unpaired) electrons. The van der Waals surface area contributed by atoms with E-state index in [1.165, 1.54) is 0 Å². The molecule has 1 aromatic heterocycles. The molecule has 214 valence electrons. The summed E-state index contributed by atoms with van der Waals surface area (Å²) in [5.41, 5.74) is 5.78. The molecule has 41 heavy (non-hydrogen) atoms. The van der Waals surface area contributed by atoms with Gasteiger partial charge in [0.2, 0.25) is 5.91 Å². The normalized spacial score (nSPS) is 16.1. The van der Waals surface area contributed by atoms with E-state index in [0.717, 1.165) is 39.9 Å². The molecule has 2 amide bonds. The average molecular weight is 556 g/mol. The van der Waals surface area contributed by atoms with Crippen LogP contribution in [0.4, 0.5) is 16.2 Å². The molecule has 9 heteroatoms. The number of ether oxygens (including phenoxy) is 2. The summed E-state index contributed by atoms with van der Waals surface area (Å²) in [6.07, 6.45) is 4.57. The molecule has 1 unspecified atom stereocenters. The first-order chi connectivity index (χ1) is 19.6. The summed E-state index contributed by atoms with van der Waals surface area (Å²) in [4.78, 5) is 39.2. The number of hydrogen-bond acceptors (Lipinski definition) is 7. The Labute approximate surface area is 241 Å².